The first-order valence-corrected chi connectivity index (χ1v) is 9.71. The fourth-order valence-electron chi connectivity index (χ4n) is 1.90. The van der Waals surface area contributed by atoms with Crippen LogP contribution in [0, 0.1) is 0 Å². The predicted molar refractivity (Wildman–Crippen MR) is 63.4 cm³/mol. The molecule has 0 unspecified atom stereocenters. The number of rotatable bonds is 6. The van der Waals surface area contributed by atoms with Crippen molar-refractivity contribution in [1.82, 2.24) is 0 Å². The molecule has 0 bridgehead atoms. The SMILES string of the molecule is C=CC(=O)[O][Ti](=[O])([O]C(C)C)([CH](C)C)[CH](C)C. The maximum atomic E-state index is 13.3. The second kappa shape index (κ2) is 5.55. The summed E-state index contributed by atoms with van der Waals surface area (Å²) in [5, 5.41) is 0. The molecule has 0 aromatic rings. The van der Waals surface area contributed by atoms with E-state index in [1.54, 1.807) is 41.5 Å². The van der Waals surface area contributed by atoms with Crippen LogP contribution >= 0.6 is 0 Å². The van der Waals surface area contributed by atoms with Gasteiger partial charge in [-0.05, 0) is 0 Å². The number of carbonyl (C=O) groups is 1. The van der Waals surface area contributed by atoms with E-state index in [1.165, 1.54) is 0 Å². The Morgan fingerprint density at radius 3 is 1.76 bits per heavy atom. The number of hydrogen-bond acceptors (Lipinski definition) is 4. The molecule has 0 atom stereocenters. The van der Waals surface area contributed by atoms with E-state index in [9.17, 15) is 8.12 Å². The van der Waals surface area contributed by atoms with Crippen molar-refractivity contribution in [3.05, 3.63) is 12.7 Å². The van der Waals surface area contributed by atoms with Gasteiger partial charge in [0.25, 0.3) is 0 Å². The van der Waals surface area contributed by atoms with Crippen molar-refractivity contribution in [2.75, 3.05) is 0 Å². The number of carbonyl (C=O) groups excluding carboxylic acids is 1. The molecule has 0 saturated carbocycles. The molecule has 0 amide bonds. The van der Waals surface area contributed by atoms with Crippen LogP contribution in [-0.4, -0.2) is 12.1 Å². The summed E-state index contributed by atoms with van der Waals surface area (Å²) < 4.78 is 23.6. The van der Waals surface area contributed by atoms with Crippen molar-refractivity contribution in [3.8, 4) is 0 Å². The first-order valence-electron chi connectivity index (χ1n) is 5.99. The zero-order chi connectivity index (χ0) is 13.9. The molecule has 5 heteroatoms. The molecule has 0 aliphatic heterocycles. The van der Waals surface area contributed by atoms with Gasteiger partial charge in [-0.3, -0.25) is 0 Å². The molecule has 0 aromatic carbocycles. The van der Waals surface area contributed by atoms with Crippen molar-refractivity contribution in [3.63, 3.8) is 0 Å². The minimum atomic E-state index is -5.04. The molecule has 0 aliphatic carbocycles. The van der Waals surface area contributed by atoms with Crippen LogP contribution in [-0.2, 0) is 30.8 Å². The van der Waals surface area contributed by atoms with E-state index in [0.717, 1.165) is 6.08 Å². The molecule has 0 radical (unpaired) electrons. The van der Waals surface area contributed by atoms with E-state index in [-0.39, 0.29) is 14.5 Å². The third-order valence-electron chi connectivity index (χ3n) is 3.02. The van der Waals surface area contributed by atoms with Crippen LogP contribution < -0.4 is 0 Å². The third-order valence-corrected chi connectivity index (χ3v) is 11.9. The maximum absolute atomic E-state index is 13.3. The van der Waals surface area contributed by atoms with Crippen molar-refractivity contribution in [2.24, 2.45) is 0 Å². The van der Waals surface area contributed by atoms with Crippen LogP contribution in [0.4, 0.5) is 0 Å². The molecular formula is C12H24O4Ti. The van der Waals surface area contributed by atoms with Crippen molar-refractivity contribution in [2.45, 2.75) is 56.1 Å². The zero-order valence-corrected chi connectivity index (χ0v) is 13.2. The average Bonchev–Trinajstić information content (AvgIpc) is 2.15. The Labute approximate surface area is 106 Å². The second-order valence-electron chi connectivity index (χ2n) is 5.23. The third kappa shape index (κ3) is 3.33. The molecule has 100 valence electrons. The summed E-state index contributed by atoms with van der Waals surface area (Å²) in [6.45, 7) is 14.0. The van der Waals surface area contributed by atoms with Gasteiger partial charge >= 0.3 is 106 Å². The van der Waals surface area contributed by atoms with Gasteiger partial charge in [-0.1, -0.05) is 0 Å². The van der Waals surface area contributed by atoms with Gasteiger partial charge in [0, 0.05) is 0 Å². The van der Waals surface area contributed by atoms with Crippen LogP contribution in [0.2, 0.25) is 8.45 Å². The molecule has 0 heterocycles. The topological polar surface area (TPSA) is 52.6 Å². The van der Waals surface area contributed by atoms with E-state index in [1.807, 2.05) is 0 Å². The molecule has 0 spiro atoms. The van der Waals surface area contributed by atoms with Gasteiger partial charge in [-0.15, -0.1) is 0 Å². The minimum absolute atomic E-state index is 0.257. The first kappa shape index (κ1) is 16.7. The summed E-state index contributed by atoms with van der Waals surface area (Å²) >= 11 is -5.04. The molecule has 0 rings (SSSR count). The molecular weight excluding hydrogens is 256 g/mol. The molecule has 0 N–H and O–H groups in total. The fraction of sp³-hybridized carbons (Fsp3) is 0.750. The molecule has 17 heavy (non-hydrogen) atoms. The van der Waals surface area contributed by atoms with Crippen LogP contribution in [0.3, 0.4) is 0 Å². The van der Waals surface area contributed by atoms with Gasteiger partial charge < -0.3 is 0 Å². The van der Waals surface area contributed by atoms with E-state index >= 15 is 0 Å². The Morgan fingerprint density at radius 2 is 1.53 bits per heavy atom. The fourth-order valence-corrected chi connectivity index (χ4v) is 7.85. The van der Waals surface area contributed by atoms with Gasteiger partial charge in [-0.25, -0.2) is 0 Å². The summed E-state index contributed by atoms with van der Waals surface area (Å²) in [6.07, 6.45) is 0.765. The van der Waals surface area contributed by atoms with Crippen LogP contribution in [0.5, 0.6) is 0 Å². The van der Waals surface area contributed by atoms with Crippen molar-refractivity contribution in [1.29, 1.82) is 0 Å². The summed E-state index contributed by atoms with van der Waals surface area (Å²) in [4.78, 5) is 11.5. The summed E-state index contributed by atoms with van der Waals surface area (Å²) in [5.41, 5.74) is 0. The van der Waals surface area contributed by atoms with Gasteiger partial charge in [0.2, 0.25) is 0 Å². The standard InChI is InChI=1S/C3H4O2.C3H7O.2C3H7.O.Ti/c1-2-3(4)5;1-3(2)4;2*1-3-2;;/h2H,1H2,(H,4,5);3H,1-2H3;2*3H,1-2H3;;/q;-1;;;;+2/p-1. The molecule has 0 aromatic heterocycles. The van der Waals surface area contributed by atoms with Crippen LogP contribution in [0.15, 0.2) is 12.7 Å². The molecule has 4 nitrogen and oxygen atoms in total. The molecule has 0 saturated heterocycles. The second-order valence-corrected chi connectivity index (χ2v) is 13.0. The Kier molecular flexibility index (Phi) is 5.45. The summed E-state index contributed by atoms with van der Waals surface area (Å²) in [6, 6.07) is 0. The Bertz CT molecular complexity index is 344. The van der Waals surface area contributed by atoms with Crippen LogP contribution in [0.1, 0.15) is 41.5 Å². The quantitative estimate of drug-likeness (QED) is 0.550. The number of hydrogen-bond donors (Lipinski definition) is 0. The van der Waals surface area contributed by atoms with E-state index in [2.05, 4.69) is 6.58 Å². The van der Waals surface area contributed by atoms with Crippen LogP contribution in [0.25, 0.3) is 0 Å². The van der Waals surface area contributed by atoms with Crippen molar-refractivity contribution < 1.29 is 30.8 Å². The van der Waals surface area contributed by atoms with E-state index < -0.39 is 22.0 Å². The summed E-state index contributed by atoms with van der Waals surface area (Å²) in [7, 11) is 0. The molecule has 0 aliphatic rings. The van der Waals surface area contributed by atoms with Gasteiger partial charge in [-0.2, -0.15) is 0 Å². The monoisotopic (exact) mass is 280 g/mol. The normalized spacial score (nSPS) is 13.3. The first-order chi connectivity index (χ1) is 7.57. The van der Waals surface area contributed by atoms with E-state index in [0.29, 0.717) is 0 Å². The van der Waals surface area contributed by atoms with Gasteiger partial charge in [0.15, 0.2) is 0 Å². The van der Waals surface area contributed by atoms with Gasteiger partial charge in [0.1, 0.15) is 0 Å². The summed E-state index contributed by atoms with van der Waals surface area (Å²) in [5.74, 6) is -0.681. The van der Waals surface area contributed by atoms with Crippen molar-refractivity contribution >= 4 is 5.97 Å². The molecule has 0 fully saturated rings. The zero-order valence-electron chi connectivity index (χ0n) is 11.6. The Balaban J connectivity index is 5.67. The average molecular weight is 280 g/mol. The van der Waals surface area contributed by atoms with E-state index in [4.69, 9.17) is 6.64 Å². The Morgan fingerprint density at radius 1 is 1.12 bits per heavy atom. The Hall–Kier alpha value is -0.316. The van der Waals surface area contributed by atoms with Gasteiger partial charge in [0.05, 0.1) is 0 Å². The predicted octanol–water partition coefficient (Wildman–Crippen LogP) is 3.66.